The first kappa shape index (κ1) is 23.3. The standard InChI is InChI=1S/C23H20BrN7O2S/c24-17-7-5-8-18(13-17)27-21(32)15-34-23-30-29-22(31(23)25)28-26-14-16-6-4-11-20(12-16)33-19-9-2-1-3-10-19/h1-14H,15,25H2,(H,27,32)(H,28,29)/b26-14+. The number of benzene rings is 3. The summed E-state index contributed by atoms with van der Waals surface area (Å²) in [4.78, 5) is 12.2. The number of aromatic nitrogens is 3. The highest BCUT2D eigenvalue weighted by atomic mass is 79.9. The van der Waals surface area contributed by atoms with Crippen LogP contribution in [0.3, 0.4) is 0 Å². The zero-order chi connectivity index (χ0) is 23.8. The van der Waals surface area contributed by atoms with Gasteiger partial charge in [0.05, 0.1) is 12.0 Å². The van der Waals surface area contributed by atoms with E-state index in [9.17, 15) is 4.79 Å². The predicted octanol–water partition coefficient (Wildman–Crippen LogP) is 4.72. The van der Waals surface area contributed by atoms with Gasteiger partial charge in [-0.3, -0.25) is 4.79 Å². The van der Waals surface area contributed by atoms with Crippen molar-refractivity contribution in [2.24, 2.45) is 5.10 Å². The molecular weight excluding hydrogens is 518 g/mol. The SMILES string of the molecule is Nn1c(N/N=C/c2cccc(Oc3ccccc3)c2)nnc1SCC(=O)Nc1cccc(Br)c1. The van der Waals surface area contributed by atoms with Gasteiger partial charge in [-0.15, -0.1) is 10.2 Å². The number of rotatable bonds is 9. The molecular formula is C23H20BrN7O2S. The number of thioether (sulfide) groups is 1. The van der Waals surface area contributed by atoms with Gasteiger partial charge in [-0.2, -0.15) is 5.10 Å². The number of nitrogens with zero attached hydrogens (tertiary/aromatic N) is 4. The lowest BCUT2D eigenvalue weighted by Gasteiger charge is -2.06. The average molecular weight is 538 g/mol. The molecule has 0 saturated carbocycles. The molecule has 11 heteroatoms. The lowest BCUT2D eigenvalue weighted by molar-refractivity contribution is -0.113. The van der Waals surface area contributed by atoms with Gasteiger partial charge in [-0.25, -0.2) is 10.1 Å². The minimum atomic E-state index is -0.184. The van der Waals surface area contributed by atoms with Crippen LogP contribution in [0.15, 0.2) is 93.6 Å². The number of hydrogen-bond donors (Lipinski definition) is 3. The zero-order valence-electron chi connectivity index (χ0n) is 17.8. The highest BCUT2D eigenvalue weighted by Crippen LogP contribution is 2.22. The summed E-state index contributed by atoms with van der Waals surface area (Å²) in [6, 6.07) is 24.4. The lowest BCUT2D eigenvalue weighted by Crippen LogP contribution is -2.16. The molecule has 4 N–H and O–H groups in total. The molecule has 0 spiro atoms. The van der Waals surface area contributed by atoms with Crippen molar-refractivity contribution in [1.82, 2.24) is 14.9 Å². The van der Waals surface area contributed by atoms with Gasteiger partial charge in [-0.05, 0) is 48.0 Å². The molecule has 1 heterocycles. The van der Waals surface area contributed by atoms with Gasteiger partial charge >= 0.3 is 0 Å². The fourth-order valence-corrected chi connectivity index (χ4v) is 3.85. The van der Waals surface area contributed by atoms with Gasteiger partial charge in [0, 0.05) is 10.2 Å². The van der Waals surface area contributed by atoms with Gasteiger partial charge < -0.3 is 15.9 Å². The summed E-state index contributed by atoms with van der Waals surface area (Å²) in [7, 11) is 0. The number of nitrogens with two attached hydrogens (primary N) is 1. The summed E-state index contributed by atoms with van der Waals surface area (Å²) in [6.07, 6.45) is 1.62. The molecule has 0 aliphatic rings. The largest absolute Gasteiger partial charge is 0.457 e. The van der Waals surface area contributed by atoms with Crippen molar-refractivity contribution in [2.45, 2.75) is 5.16 Å². The summed E-state index contributed by atoms with van der Waals surface area (Å²) in [5.41, 5.74) is 4.28. The number of carbonyl (C=O) groups is 1. The number of carbonyl (C=O) groups excluding carboxylic acids is 1. The number of halogens is 1. The van der Waals surface area contributed by atoms with Crippen LogP contribution in [-0.2, 0) is 4.79 Å². The Balaban J connectivity index is 1.30. The van der Waals surface area contributed by atoms with Crippen LogP contribution in [0.5, 0.6) is 11.5 Å². The van der Waals surface area contributed by atoms with Gasteiger partial charge in [0.25, 0.3) is 5.95 Å². The molecule has 0 radical (unpaired) electrons. The molecule has 0 saturated heterocycles. The minimum Gasteiger partial charge on any atom is -0.457 e. The van der Waals surface area contributed by atoms with Crippen molar-refractivity contribution in [3.63, 3.8) is 0 Å². The molecule has 4 aromatic rings. The van der Waals surface area contributed by atoms with Gasteiger partial charge in [0.15, 0.2) is 0 Å². The topological polar surface area (TPSA) is 119 Å². The van der Waals surface area contributed by atoms with Crippen molar-refractivity contribution < 1.29 is 9.53 Å². The number of nitrogen functional groups attached to an aromatic ring is 1. The fraction of sp³-hybridized carbons (Fsp3) is 0.0435. The average Bonchev–Trinajstić information content (AvgIpc) is 3.18. The third-order valence-electron chi connectivity index (χ3n) is 4.32. The third-order valence-corrected chi connectivity index (χ3v) is 5.76. The summed E-state index contributed by atoms with van der Waals surface area (Å²) in [5.74, 6) is 7.65. The molecule has 0 fully saturated rings. The molecule has 172 valence electrons. The van der Waals surface area contributed by atoms with Crippen LogP contribution in [0.4, 0.5) is 11.6 Å². The van der Waals surface area contributed by atoms with E-state index in [0.717, 1.165) is 27.5 Å². The molecule has 0 aliphatic carbocycles. The molecule has 0 unspecified atom stereocenters. The van der Waals surface area contributed by atoms with Crippen LogP contribution in [0.25, 0.3) is 0 Å². The molecule has 1 aromatic heterocycles. The highest BCUT2D eigenvalue weighted by Gasteiger charge is 2.12. The van der Waals surface area contributed by atoms with Gasteiger partial charge in [-0.1, -0.05) is 64.1 Å². The van der Waals surface area contributed by atoms with E-state index in [2.05, 4.69) is 42.0 Å². The Bertz CT molecular complexity index is 1300. The smallest absolute Gasteiger partial charge is 0.264 e. The van der Waals surface area contributed by atoms with E-state index < -0.39 is 0 Å². The van der Waals surface area contributed by atoms with Gasteiger partial charge in [0.2, 0.25) is 11.1 Å². The number of anilines is 2. The van der Waals surface area contributed by atoms with Crippen LogP contribution >= 0.6 is 27.7 Å². The maximum atomic E-state index is 12.2. The second-order valence-electron chi connectivity index (χ2n) is 6.88. The minimum absolute atomic E-state index is 0.124. The molecule has 3 aromatic carbocycles. The van der Waals surface area contributed by atoms with E-state index in [4.69, 9.17) is 10.6 Å². The molecule has 0 bridgehead atoms. The molecule has 34 heavy (non-hydrogen) atoms. The summed E-state index contributed by atoms with van der Waals surface area (Å²) in [5, 5.41) is 15.3. The van der Waals surface area contributed by atoms with Crippen molar-refractivity contribution >= 4 is 51.4 Å². The van der Waals surface area contributed by atoms with Crippen LogP contribution < -0.4 is 21.3 Å². The molecule has 4 rings (SSSR count). The van der Waals surface area contributed by atoms with Crippen LogP contribution in [0, 0.1) is 0 Å². The van der Waals surface area contributed by atoms with E-state index in [1.54, 1.807) is 6.21 Å². The second kappa shape index (κ2) is 11.3. The lowest BCUT2D eigenvalue weighted by atomic mass is 10.2. The first-order chi connectivity index (χ1) is 16.6. The monoisotopic (exact) mass is 537 g/mol. The summed E-state index contributed by atoms with van der Waals surface area (Å²) >= 11 is 4.54. The molecule has 0 aliphatic heterocycles. The van der Waals surface area contributed by atoms with Crippen LogP contribution in [-0.4, -0.2) is 32.7 Å². The molecule has 1 amide bonds. The predicted molar refractivity (Wildman–Crippen MR) is 138 cm³/mol. The number of amides is 1. The van der Waals surface area contributed by atoms with Gasteiger partial charge in [0.1, 0.15) is 11.5 Å². The first-order valence-electron chi connectivity index (χ1n) is 10.1. The van der Waals surface area contributed by atoms with Crippen molar-refractivity contribution in [3.8, 4) is 11.5 Å². The quantitative estimate of drug-likeness (QED) is 0.122. The van der Waals surface area contributed by atoms with E-state index in [0.29, 0.717) is 16.6 Å². The number of hydrazone groups is 1. The number of para-hydroxylation sites is 1. The number of hydrogen-bond acceptors (Lipinski definition) is 8. The highest BCUT2D eigenvalue weighted by molar-refractivity contribution is 9.10. The Hall–Kier alpha value is -3.83. The maximum absolute atomic E-state index is 12.2. The van der Waals surface area contributed by atoms with Crippen LogP contribution in [0.2, 0.25) is 0 Å². The maximum Gasteiger partial charge on any atom is 0.264 e. The van der Waals surface area contributed by atoms with Crippen molar-refractivity contribution in [1.29, 1.82) is 0 Å². The number of nitrogens with one attached hydrogen (secondary N) is 2. The Morgan fingerprint density at radius 1 is 1.06 bits per heavy atom. The zero-order valence-corrected chi connectivity index (χ0v) is 20.2. The molecule has 0 atom stereocenters. The van der Waals surface area contributed by atoms with E-state index in [1.165, 1.54) is 4.68 Å². The Morgan fingerprint density at radius 2 is 1.85 bits per heavy atom. The fourth-order valence-electron chi connectivity index (χ4n) is 2.79. The first-order valence-corrected chi connectivity index (χ1v) is 11.9. The Labute approximate surface area is 208 Å². The third kappa shape index (κ3) is 6.59. The van der Waals surface area contributed by atoms with Crippen molar-refractivity contribution in [2.75, 3.05) is 22.3 Å². The van der Waals surface area contributed by atoms with Crippen LogP contribution in [0.1, 0.15) is 5.56 Å². The van der Waals surface area contributed by atoms with E-state index >= 15 is 0 Å². The second-order valence-corrected chi connectivity index (χ2v) is 8.74. The summed E-state index contributed by atoms with van der Waals surface area (Å²) < 4.78 is 7.95. The summed E-state index contributed by atoms with van der Waals surface area (Å²) in [6.45, 7) is 0. The Morgan fingerprint density at radius 3 is 2.68 bits per heavy atom. The van der Waals surface area contributed by atoms with E-state index in [-0.39, 0.29) is 17.6 Å². The van der Waals surface area contributed by atoms with Crippen molar-refractivity contribution in [3.05, 3.63) is 88.9 Å². The Kier molecular flexibility index (Phi) is 7.79. The van der Waals surface area contributed by atoms with E-state index in [1.807, 2.05) is 78.9 Å². The molecule has 9 nitrogen and oxygen atoms in total. The normalized spacial score (nSPS) is 10.9. The number of ether oxygens (including phenoxy) is 1.